The Hall–Kier alpha value is -3.71. The molecular formula is C24H20ClF2N3O2. The van der Waals surface area contributed by atoms with Crippen LogP contribution in [0.5, 0.6) is 0 Å². The zero-order valence-corrected chi connectivity index (χ0v) is 18.1. The maximum absolute atomic E-state index is 14.0. The quantitative estimate of drug-likeness (QED) is 0.509. The third-order valence-electron chi connectivity index (χ3n) is 4.51. The van der Waals surface area contributed by atoms with Gasteiger partial charge in [0.15, 0.2) is 0 Å². The molecule has 8 heteroatoms. The average Bonchev–Trinajstić information content (AvgIpc) is 2.76. The molecule has 0 aliphatic carbocycles. The Morgan fingerprint density at radius 3 is 2.25 bits per heavy atom. The van der Waals surface area contributed by atoms with Crippen LogP contribution < -0.4 is 15.5 Å². The fourth-order valence-corrected chi connectivity index (χ4v) is 2.98. The third kappa shape index (κ3) is 5.70. The van der Waals surface area contributed by atoms with Gasteiger partial charge in [0.2, 0.25) is 0 Å². The molecule has 3 aromatic rings. The fourth-order valence-electron chi connectivity index (χ4n) is 2.80. The molecule has 5 nitrogen and oxygen atoms in total. The lowest BCUT2D eigenvalue weighted by Gasteiger charge is -2.13. The van der Waals surface area contributed by atoms with Gasteiger partial charge in [-0.25, -0.2) is 8.78 Å². The van der Waals surface area contributed by atoms with E-state index in [0.29, 0.717) is 5.56 Å². The number of nitrogens with one attached hydrogen (secondary N) is 2. The lowest BCUT2D eigenvalue weighted by Crippen LogP contribution is -2.31. The van der Waals surface area contributed by atoms with Gasteiger partial charge in [-0.05, 0) is 54.1 Å². The molecule has 0 heterocycles. The van der Waals surface area contributed by atoms with E-state index < -0.39 is 23.4 Å². The number of hydrogen-bond acceptors (Lipinski definition) is 3. The van der Waals surface area contributed by atoms with Gasteiger partial charge in [0, 0.05) is 25.5 Å². The van der Waals surface area contributed by atoms with E-state index in [2.05, 4.69) is 10.6 Å². The van der Waals surface area contributed by atoms with E-state index in [1.54, 1.807) is 12.1 Å². The average molecular weight is 456 g/mol. The summed E-state index contributed by atoms with van der Waals surface area (Å²) in [7, 11) is 3.79. The highest BCUT2D eigenvalue weighted by atomic mass is 35.5. The third-order valence-corrected chi connectivity index (χ3v) is 4.80. The summed E-state index contributed by atoms with van der Waals surface area (Å²) in [4.78, 5) is 27.4. The summed E-state index contributed by atoms with van der Waals surface area (Å²) >= 11 is 5.77. The Labute approximate surface area is 189 Å². The number of carbonyl (C=O) groups excluding carboxylic acids is 2. The Bertz CT molecular complexity index is 1180. The molecule has 0 unspecified atom stereocenters. The molecule has 0 saturated carbocycles. The zero-order valence-electron chi connectivity index (χ0n) is 17.3. The van der Waals surface area contributed by atoms with Crippen LogP contribution in [-0.2, 0) is 4.79 Å². The zero-order chi connectivity index (χ0) is 23.3. The van der Waals surface area contributed by atoms with E-state index in [1.165, 1.54) is 36.4 Å². The fraction of sp³-hybridized carbons (Fsp3) is 0.0833. The van der Waals surface area contributed by atoms with E-state index in [-0.39, 0.29) is 22.0 Å². The van der Waals surface area contributed by atoms with Gasteiger partial charge < -0.3 is 15.5 Å². The highest BCUT2D eigenvalue weighted by Gasteiger charge is 2.18. The first kappa shape index (κ1) is 23.0. The summed E-state index contributed by atoms with van der Waals surface area (Å²) < 4.78 is 27.4. The number of halogens is 3. The van der Waals surface area contributed by atoms with E-state index in [9.17, 15) is 18.4 Å². The summed E-state index contributed by atoms with van der Waals surface area (Å²) in [6.45, 7) is 0. The van der Waals surface area contributed by atoms with E-state index in [1.807, 2.05) is 31.1 Å². The van der Waals surface area contributed by atoms with Crippen LogP contribution in [0.2, 0.25) is 5.02 Å². The second-order valence-corrected chi connectivity index (χ2v) is 7.47. The minimum absolute atomic E-state index is 0.128. The van der Waals surface area contributed by atoms with Crippen LogP contribution in [0.1, 0.15) is 15.9 Å². The van der Waals surface area contributed by atoms with Crippen LogP contribution in [0.15, 0.2) is 72.4 Å². The van der Waals surface area contributed by atoms with Crippen molar-refractivity contribution in [2.75, 3.05) is 24.3 Å². The monoisotopic (exact) mass is 455 g/mol. The van der Waals surface area contributed by atoms with E-state index >= 15 is 0 Å². The summed E-state index contributed by atoms with van der Waals surface area (Å²) in [6.07, 6.45) is 1.46. The van der Waals surface area contributed by atoms with Crippen molar-refractivity contribution in [3.8, 4) is 0 Å². The normalized spacial score (nSPS) is 11.1. The van der Waals surface area contributed by atoms with Gasteiger partial charge in [0.1, 0.15) is 17.3 Å². The molecule has 0 aliphatic rings. The van der Waals surface area contributed by atoms with E-state index in [4.69, 9.17) is 11.6 Å². The van der Waals surface area contributed by atoms with Crippen LogP contribution in [0.25, 0.3) is 6.08 Å². The molecular weight excluding hydrogens is 436 g/mol. The SMILES string of the molecule is CN(C)c1ccc(/C=C(\NC(=O)c2ccccc2F)C(=O)Nc2ccc(F)c(Cl)c2)cc1. The second kappa shape index (κ2) is 10.1. The molecule has 0 bridgehead atoms. The number of anilines is 2. The first-order valence-corrected chi connectivity index (χ1v) is 9.94. The number of amides is 2. The Balaban J connectivity index is 1.92. The van der Waals surface area contributed by atoms with Gasteiger partial charge in [0.25, 0.3) is 11.8 Å². The van der Waals surface area contributed by atoms with Crippen LogP contribution in [0, 0.1) is 11.6 Å². The molecule has 0 aromatic heterocycles. The maximum atomic E-state index is 14.0. The molecule has 164 valence electrons. The molecule has 3 aromatic carbocycles. The van der Waals surface area contributed by atoms with Crippen molar-refractivity contribution < 1.29 is 18.4 Å². The number of rotatable bonds is 6. The molecule has 32 heavy (non-hydrogen) atoms. The summed E-state index contributed by atoms with van der Waals surface area (Å²) in [5.74, 6) is -2.82. The highest BCUT2D eigenvalue weighted by Crippen LogP contribution is 2.20. The van der Waals surface area contributed by atoms with Gasteiger partial charge in [0.05, 0.1) is 10.6 Å². The molecule has 0 radical (unpaired) electrons. The van der Waals surface area contributed by atoms with E-state index in [0.717, 1.165) is 17.8 Å². The first-order valence-electron chi connectivity index (χ1n) is 9.56. The second-order valence-electron chi connectivity index (χ2n) is 7.06. The summed E-state index contributed by atoms with van der Waals surface area (Å²) in [6, 6.07) is 16.4. The van der Waals surface area contributed by atoms with Crippen molar-refractivity contribution in [2.45, 2.75) is 0 Å². The Morgan fingerprint density at radius 2 is 1.62 bits per heavy atom. The molecule has 0 fully saturated rings. The largest absolute Gasteiger partial charge is 0.378 e. The maximum Gasteiger partial charge on any atom is 0.272 e. The standard InChI is InChI=1S/C24H20ClF2N3O2/c1-30(2)17-10-7-15(8-11-17)13-22(29-23(31)18-5-3-4-6-20(18)26)24(32)28-16-9-12-21(27)19(25)14-16/h3-14H,1-2H3,(H,28,32)(H,29,31)/b22-13-. The Morgan fingerprint density at radius 1 is 0.938 bits per heavy atom. The molecule has 0 spiro atoms. The van der Waals surface area contributed by atoms with Gasteiger partial charge >= 0.3 is 0 Å². The molecule has 0 aliphatic heterocycles. The van der Waals surface area contributed by atoms with Gasteiger partial charge in [-0.2, -0.15) is 0 Å². The number of nitrogens with zero attached hydrogens (tertiary/aromatic N) is 1. The van der Waals surface area contributed by atoms with Crippen molar-refractivity contribution >= 4 is 40.9 Å². The van der Waals surface area contributed by atoms with Gasteiger partial charge in [-0.1, -0.05) is 35.9 Å². The topological polar surface area (TPSA) is 61.4 Å². The number of hydrogen-bond donors (Lipinski definition) is 2. The molecule has 3 rings (SSSR count). The molecule has 0 atom stereocenters. The van der Waals surface area contributed by atoms with Crippen molar-refractivity contribution in [3.63, 3.8) is 0 Å². The van der Waals surface area contributed by atoms with Crippen molar-refractivity contribution in [1.29, 1.82) is 0 Å². The minimum atomic E-state index is -0.786. The van der Waals surface area contributed by atoms with Crippen molar-refractivity contribution in [2.24, 2.45) is 0 Å². The van der Waals surface area contributed by atoms with Gasteiger partial charge in [-0.3, -0.25) is 9.59 Å². The molecule has 2 N–H and O–H groups in total. The van der Waals surface area contributed by atoms with Crippen LogP contribution >= 0.6 is 11.6 Å². The Kier molecular flexibility index (Phi) is 7.22. The molecule has 0 saturated heterocycles. The van der Waals surface area contributed by atoms with Gasteiger partial charge in [-0.15, -0.1) is 0 Å². The van der Waals surface area contributed by atoms with Crippen LogP contribution in [-0.4, -0.2) is 25.9 Å². The van der Waals surface area contributed by atoms with Crippen LogP contribution in [0.3, 0.4) is 0 Å². The van der Waals surface area contributed by atoms with Crippen molar-refractivity contribution in [1.82, 2.24) is 5.32 Å². The summed E-state index contributed by atoms with van der Waals surface area (Å²) in [5.41, 5.74) is 1.47. The predicted molar refractivity (Wildman–Crippen MR) is 123 cm³/mol. The lowest BCUT2D eigenvalue weighted by atomic mass is 10.1. The minimum Gasteiger partial charge on any atom is -0.378 e. The summed E-state index contributed by atoms with van der Waals surface area (Å²) in [5, 5.41) is 4.85. The lowest BCUT2D eigenvalue weighted by molar-refractivity contribution is -0.113. The number of carbonyl (C=O) groups is 2. The number of benzene rings is 3. The van der Waals surface area contributed by atoms with Crippen LogP contribution in [0.4, 0.5) is 20.2 Å². The molecule has 2 amide bonds. The predicted octanol–water partition coefficient (Wildman–Crippen LogP) is 5.09. The smallest absolute Gasteiger partial charge is 0.272 e. The van der Waals surface area contributed by atoms with Crippen molar-refractivity contribution in [3.05, 3.63) is 100 Å². The first-order chi connectivity index (χ1) is 15.2. The highest BCUT2D eigenvalue weighted by molar-refractivity contribution is 6.31.